The van der Waals surface area contributed by atoms with Crippen molar-refractivity contribution in [3.8, 4) is 0 Å². The first-order valence-electron chi connectivity index (χ1n) is 8.79. The van der Waals surface area contributed by atoms with Crippen molar-refractivity contribution >= 4 is 17.3 Å². The number of benzene rings is 1. The molecular weight excluding hydrogens is 373 g/mol. The number of nitrogens with one attached hydrogen (secondary N) is 2. The molecule has 4 nitrogen and oxygen atoms in total. The third-order valence-corrected chi connectivity index (χ3v) is 5.96. The van der Waals surface area contributed by atoms with Crippen LogP contribution in [0.4, 0.5) is 13.2 Å². The van der Waals surface area contributed by atoms with Gasteiger partial charge in [-0.05, 0) is 38.3 Å². The Kier molecular flexibility index (Phi) is 5.46. The van der Waals surface area contributed by atoms with Crippen LogP contribution in [0.3, 0.4) is 0 Å². The molecule has 0 spiro atoms. The zero-order valence-corrected chi connectivity index (χ0v) is 16.4. The first-order valence-corrected chi connectivity index (χ1v) is 9.60. The van der Waals surface area contributed by atoms with Crippen molar-refractivity contribution in [2.75, 3.05) is 13.6 Å². The Hall–Kier alpha value is -2.09. The van der Waals surface area contributed by atoms with E-state index in [0.29, 0.717) is 19.0 Å². The molecule has 2 aromatic rings. The molecule has 27 heavy (non-hydrogen) atoms. The average Bonchev–Trinajstić information content (AvgIpc) is 3.34. The highest BCUT2D eigenvalue weighted by atomic mass is 32.1. The highest BCUT2D eigenvalue weighted by Crippen LogP contribution is 2.48. The lowest BCUT2D eigenvalue weighted by Crippen LogP contribution is -2.40. The first-order chi connectivity index (χ1) is 12.7. The van der Waals surface area contributed by atoms with Crippen molar-refractivity contribution in [2.45, 2.75) is 44.8 Å². The number of thiazole rings is 1. The van der Waals surface area contributed by atoms with Gasteiger partial charge in [0.05, 0.1) is 22.8 Å². The smallest absolute Gasteiger partial charge is 0.356 e. The summed E-state index contributed by atoms with van der Waals surface area (Å²) in [6.45, 7) is 5.12. The fraction of sp³-hybridized carbons (Fsp3) is 0.474. The lowest BCUT2D eigenvalue weighted by atomic mass is 9.94. The van der Waals surface area contributed by atoms with Gasteiger partial charge in [0.2, 0.25) is 0 Å². The standard InChI is InChI=1S/C19H23F3N4S/c1-12-16(27-13(2)26-12)10-24-17(23-3)25-11-18(7-8-18)14-5-4-6-15(9-14)19(20,21)22/h4-6,9H,7-8,10-11H2,1-3H3,(H2,23,24,25). The molecule has 1 heterocycles. The van der Waals surface area contributed by atoms with E-state index in [4.69, 9.17) is 0 Å². The summed E-state index contributed by atoms with van der Waals surface area (Å²) in [6.07, 6.45) is -2.58. The van der Waals surface area contributed by atoms with Gasteiger partial charge in [0.15, 0.2) is 5.96 Å². The molecule has 3 rings (SSSR count). The normalized spacial score (nSPS) is 16.3. The van der Waals surface area contributed by atoms with Crippen LogP contribution in [-0.4, -0.2) is 24.5 Å². The van der Waals surface area contributed by atoms with Crippen LogP contribution in [-0.2, 0) is 18.1 Å². The lowest BCUT2D eigenvalue weighted by molar-refractivity contribution is -0.137. The Balaban J connectivity index is 1.62. The summed E-state index contributed by atoms with van der Waals surface area (Å²) in [5, 5.41) is 7.55. The highest BCUT2D eigenvalue weighted by Gasteiger charge is 2.45. The number of alkyl halides is 3. The van der Waals surface area contributed by atoms with E-state index in [1.54, 1.807) is 24.5 Å². The van der Waals surface area contributed by atoms with E-state index < -0.39 is 11.7 Å². The van der Waals surface area contributed by atoms with E-state index in [9.17, 15) is 13.2 Å². The predicted octanol–water partition coefficient (Wildman–Crippen LogP) is 4.18. The molecule has 0 bridgehead atoms. The van der Waals surface area contributed by atoms with Gasteiger partial charge in [-0.3, -0.25) is 4.99 Å². The molecule has 2 N–H and O–H groups in total. The molecular formula is C19H23F3N4S. The zero-order chi connectivity index (χ0) is 19.7. The summed E-state index contributed by atoms with van der Waals surface area (Å²) in [6, 6.07) is 5.66. The minimum atomic E-state index is -4.32. The fourth-order valence-electron chi connectivity index (χ4n) is 3.12. The van der Waals surface area contributed by atoms with Gasteiger partial charge in [0, 0.05) is 23.9 Å². The van der Waals surface area contributed by atoms with Crippen molar-refractivity contribution in [3.63, 3.8) is 0 Å². The summed E-state index contributed by atoms with van der Waals surface area (Å²) in [5.74, 6) is 0.638. The van der Waals surface area contributed by atoms with Gasteiger partial charge >= 0.3 is 6.18 Å². The molecule has 0 unspecified atom stereocenters. The molecule has 1 aliphatic rings. The molecule has 1 fully saturated rings. The van der Waals surface area contributed by atoms with E-state index >= 15 is 0 Å². The second-order valence-electron chi connectivity index (χ2n) is 6.88. The van der Waals surface area contributed by atoms with E-state index in [0.717, 1.165) is 40.1 Å². The molecule has 8 heteroatoms. The third-order valence-electron chi connectivity index (χ3n) is 4.89. The van der Waals surface area contributed by atoms with Gasteiger partial charge in [0.1, 0.15) is 0 Å². The second kappa shape index (κ2) is 7.50. The quantitative estimate of drug-likeness (QED) is 0.589. The van der Waals surface area contributed by atoms with E-state index in [1.807, 2.05) is 13.8 Å². The molecule has 1 aromatic heterocycles. The van der Waals surface area contributed by atoms with Crippen LogP contribution >= 0.6 is 11.3 Å². The van der Waals surface area contributed by atoms with Crippen LogP contribution in [0.5, 0.6) is 0 Å². The molecule has 0 atom stereocenters. The minimum absolute atomic E-state index is 0.254. The van der Waals surface area contributed by atoms with Gasteiger partial charge in [-0.15, -0.1) is 11.3 Å². The SMILES string of the molecule is CN=C(NCc1sc(C)nc1C)NCC1(c2cccc(C(F)(F)F)c2)CC1. The summed E-state index contributed by atoms with van der Waals surface area (Å²) in [7, 11) is 1.68. The number of nitrogens with zero attached hydrogens (tertiary/aromatic N) is 2. The lowest BCUT2D eigenvalue weighted by Gasteiger charge is -2.20. The van der Waals surface area contributed by atoms with Crippen LogP contribution in [0.25, 0.3) is 0 Å². The topological polar surface area (TPSA) is 49.3 Å². The minimum Gasteiger partial charge on any atom is -0.356 e. The van der Waals surface area contributed by atoms with Crippen molar-refractivity contribution in [3.05, 3.63) is 51.0 Å². The highest BCUT2D eigenvalue weighted by molar-refractivity contribution is 7.11. The molecule has 0 aliphatic heterocycles. The molecule has 1 saturated carbocycles. The van der Waals surface area contributed by atoms with Crippen molar-refractivity contribution in [1.82, 2.24) is 15.6 Å². The van der Waals surface area contributed by atoms with E-state index in [-0.39, 0.29) is 5.41 Å². The number of aromatic nitrogens is 1. The maximum Gasteiger partial charge on any atom is 0.416 e. The number of halogens is 3. The van der Waals surface area contributed by atoms with Gasteiger partial charge < -0.3 is 10.6 Å². The van der Waals surface area contributed by atoms with E-state index in [2.05, 4.69) is 20.6 Å². The Bertz CT molecular complexity index is 838. The van der Waals surface area contributed by atoms with Crippen molar-refractivity contribution in [1.29, 1.82) is 0 Å². The molecule has 0 radical (unpaired) electrons. The van der Waals surface area contributed by atoms with Crippen molar-refractivity contribution in [2.24, 2.45) is 4.99 Å². The van der Waals surface area contributed by atoms with Crippen LogP contribution in [0.2, 0.25) is 0 Å². The van der Waals surface area contributed by atoms with Gasteiger partial charge in [-0.25, -0.2) is 4.98 Å². The largest absolute Gasteiger partial charge is 0.416 e. The monoisotopic (exact) mass is 396 g/mol. The third kappa shape index (κ3) is 4.61. The Labute approximate surface area is 160 Å². The Morgan fingerprint density at radius 2 is 2.00 bits per heavy atom. The van der Waals surface area contributed by atoms with Crippen LogP contribution in [0.15, 0.2) is 29.3 Å². The molecule has 0 saturated heterocycles. The summed E-state index contributed by atoms with van der Waals surface area (Å²) < 4.78 is 39.0. The number of hydrogen-bond donors (Lipinski definition) is 2. The fourth-order valence-corrected chi connectivity index (χ4v) is 4.00. The number of rotatable bonds is 5. The predicted molar refractivity (Wildman–Crippen MR) is 102 cm³/mol. The summed E-state index contributed by atoms with van der Waals surface area (Å²) in [4.78, 5) is 9.77. The molecule has 146 valence electrons. The Morgan fingerprint density at radius 1 is 1.26 bits per heavy atom. The van der Waals surface area contributed by atoms with Crippen LogP contribution in [0.1, 0.15) is 39.5 Å². The summed E-state index contributed by atoms with van der Waals surface area (Å²) >= 11 is 1.64. The van der Waals surface area contributed by atoms with Gasteiger partial charge in [-0.2, -0.15) is 13.2 Å². The molecule has 1 aliphatic carbocycles. The maximum absolute atomic E-state index is 13.0. The summed E-state index contributed by atoms with van der Waals surface area (Å²) in [5.41, 5.74) is 0.887. The maximum atomic E-state index is 13.0. The Morgan fingerprint density at radius 3 is 2.56 bits per heavy atom. The number of hydrogen-bond acceptors (Lipinski definition) is 3. The van der Waals surface area contributed by atoms with E-state index in [1.165, 1.54) is 12.1 Å². The average molecular weight is 396 g/mol. The zero-order valence-electron chi connectivity index (χ0n) is 15.6. The van der Waals surface area contributed by atoms with Gasteiger partial charge in [0.25, 0.3) is 0 Å². The second-order valence-corrected chi connectivity index (χ2v) is 8.17. The number of aliphatic imine (C=N–C) groups is 1. The van der Waals surface area contributed by atoms with Gasteiger partial charge in [-0.1, -0.05) is 18.2 Å². The van der Waals surface area contributed by atoms with Crippen LogP contribution in [0, 0.1) is 13.8 Å². The van der Waals surface area contributed by atoms with Crippen LogP contribution < -0.4 is 10.6 Å². The number of guanidine groups is 1. The van der Waals surface area contributed by atoms with Crippen molar-refractivity contribution < 1.29 is 13.2 Å². The first kappa shape index (κ1) is 19.7. The molecule has 1 aromatic carbocycles. The molecule has 0 amide bonds. The number of aryl methyl sites for hydroxylation is 2.